The number of aromatic nitrogens is 3. The van der Waals surface area contributed by atoms with Gasteiger partial charge in [0, 0.05) is 29.2 Å². The van der Waals surface area contributed by atoms with Crippen LogP contribution < -0.4 is 10.8 Å². The van der Waals surface area contributed by atoms with E-state index in [2.05, 4.69) is 20.3 Å². The Balaban J connectivity index is 1.70. The number of hydrogen-bond donors (Lipinski definition) is 4. The van der Waals surface area contributed by atoms with Gasteiger partial charge in [-0.15, -0.1) is 0 Å². The number of hydrogen-bond acceptors (Lipinski definition) is 5. The van der Waals surface area contributed by atoms with Gasteiger partial charge in [-0.2, -0.15) is 0 Å². The lowest BCUT2D eigenvalue weighted by Gasteiger charge is -2.28. The molecule has 2 amide bonds. The fourth-order valence-corrected chi connectivity index (χ4v) is 3.39. The molecule has 3 heterocycles. The van der Waals surface area contributed by atoms with E-state index in [-0.39, 0.29) is 17.9 Å². The summed E-state index contributed by atoms with van der Waals surface area (Å²) in [6.45, 7) is 1.85. The highest BCUT2D eigenvalue weighted by Gasteiger charge is 2.34. The van der Waals surface area contributed by atoms with Gasteiger partial charge in [0.25, 0.3) is 5.91 Å². The van der Waals surface area contributed by atoms with E-state index in [0.717, 1.165) is 22.3 Å². The molecule has 2 atom stereocenters. The molecule has 4 rings (SSSR count). The molecule has 3 aromatic rings. The minimum absolute atomic E-state index is 0.0506. The van der Waals surface area contributed by atoms with Crippen LogP contribution in [0.25, 0.3) is 11.2 Å². The summed E-state index contributed by atoms with van der Waals surface area (Å²) < 4.78 is 0. The quantitative estimate of drug-likeness (QED) is 0.422. The minimum atomic E-state index is -0.564. The van der Waals surface area contributed by atoms with Gasteiger partial charge in [0.2, 0.25) is 5.91 Å². The van der Waals surface area contributed by atoms with Crippen molar-refractivity contribution in [2.75, 3.05) is 0 Å². The van der Waals surface area contributed by atoms with E-state index in [1.807, 2.05) is 6.92 Å². The highest BCUT2D eigenvalue weighted by molar-refractivity contribution is 5.93. The van der Waals surface area contributed by atoms with Crippen LogP contribution in [0.5, 0.6) is 0 Å². The van der Waals surface area contributed by atoms with Gasteiger partial charge in [-0.3, -0.25) is 19.8 Å². The number of hydroxylamine groups is 1. The number of fused-ring (bicyclic) bond motifs is 3. The average molecular weight is 351 g/mol. The van der Waals surface area contributed by atoms with Gasteiger partial charge < -0.3 is 10.3 Å². The number of rotatable bonds is 3. The Labute approximate surface area is 148 Å². The Morgan fingerprint density at radius 1 is 1.23 bits per heavy atom. The standard InChI is InChI=1S/C18H17N5O3/c1-9-14-13(15-16(22-14)20-7-6-19-15)12(21-17(9)24)8-10-2-4-11(5-3-10)18(25)23-26/h2-7,9,12,26H,8H2,1H3,(H,20,22)(H,21,24)(H,23,25). The normalized spacial score (nSPS) is 19.1. The highest BCUT2D eigenvalue weighted by atomic mass is 16.5. The Bertz CT molecular complexity index is 996. The van der Waals surface area contributed by atoms with Gasteiger partial charge in [-0.05, 0) is 31.0 Å². The van der Waals surface area contributed by atoms with E-state index in [0.29, 0.717) is 17.6 Å². The molecule has 1 aromatic carbocycles. The van der Waals surface area contributed by atoms with Gasteiger partial charge in [0.05, 0.1) is 12.0 Å². The molecule has 8 heteroatoms. The summed E-state index contributed by atoms with van der Waals surface area (Å²) in [6, 6.07) is 6.62. The Kier molecular flexibility index (Phi) is 3.89. The highest BCUT2D eigenvalue weighted by Crippen LogP contribution is 2.36. The molecule has 2 aromatic heterocycles. The number of benzene rings is 1. The predicted molar refractivity (Wildman–Crippen MR) is 92.6 cm³/mol. The second kappa shape index (κ2) is 6.23. The zero-order chi connectivity index (χ0) is 18.3. The monoisotopic (exact) mass is 351 g/mol. The molecule has 4 N–H and O–H groups in total. The first-order valence-electron chi connectivity index (χ1n) is 8.24. The molecule has 2 unspecified atom stereocenters. The number of amides is 2. The fourth-order valence-electron chi connectivity index (χ4n) is 3.39. The van der Waals surface area contributed by atoms with Crippen LogP contribution in [0.2, 0.25) is 0 Å². The molecule has 0 bridgehead atoms. The molecule has 1 aliphatic heterocycles. The van der Waals surface area contributed by atoms with Crippen LogP contribution >= 0.6 is 0 Å². The molecule has 0 fully saturated rings. The second-order valence-corrected chi connectivity index (χ2v) is 6.33. The van der Waals surface area contributed by atoms with E-state index in [1.165, 1.54) is 0 Å². The van der Waals surface area contributed by atoms with Gasteiger partial charge in [0.15, 0.2) is 5.65 Å². The number of carbonyl (C=O) groups is 2. The molecule has 0 saturated carbocycles. The number of nitrogens with zero attached hydrogens (tertiary/aromatic N) is 2. The topological polar surface area (TPSA) is 120 Å². The van der Waals surface area contributed by atoms with Crippen LogP contribution in [0, 0.1) is 0 Å². The molecule has 0 saturated heterocycles. The molecule has 0 radical (unpaired) electrons. The van der Waals surface area contributed by atoms with Crippen molar-refractivity contribution in [3.8, 4) is 0 Å². The van der Waals surface area contributed by atoms with Crippen molar-refractivity contribution in [3.63, 3.8) is 0 Å². The number of H-pyrrole nitrogens is 1. The van der Waals surface area contributed by atoms with Crippen LogP contribution in [-0.2, 0) is 11.2 Å². The Hall–Kier alpha value is -3.26. The number of aromatic amines is 1. The molecule has 132 valence electrons. The van der Waals surface area contributed by atoms with Crippen LogP contribution in [0.15, 0.2) is 36.7 Å². The smallest absolute Gasteiger partial charge is 0.274 e. The maximum Gasteiger partial charge on any atom is 0.274 e. The van der Waals surface area contributed by atoms with Gasteiger partial charge in [0.1, 0.15) is 5.52 Å². The summed E-state index contributed by atoms with van der Waals surface area (Å²) in [5.41, 5.74) is 6.14. The molecule has 0 aliphatic carbocycles. The van der Waals surface area contributed by atoms with E-state index in [9.17, 15) is 9.59 Å². The molecular formula is C18H17N5O3. The molecule has 0 spiro atoms. The average Bonchev–Trinajstić information content (AvgIpc) is 3.06. The largest absolute Gasteiger partial charge is 0.348 e. The lowest BCUT2D eigenvalue weighted by molar-refractivity contribution is -0.123. The zero-order valence-electron chi connectivity index (χ0n) is 14.0. The van der Waals surface area contributed by atoms with Crippen LogP contribution in [0.4, 0.5) is 0 Å². The summed E-state index contributed by atoms with van der Waals surface area (Å²) in [6.07, 6.45) is 3.80. The van der Waals surface area contributed by atoms with Crippen molar-refractivity contribution in [3.05, 3.63) is 59.0 Å². The summed E-state index contributed by atoms with van der Waals surface area (Å²) in [5.74, 6) is -0.913. The molecule has 1 aliphatic rings. The number of nitrogens with one attached hydrogen (secondary N) is 3. The Morgan fingerprint density at radius 3 is 2.69 bits per heavy atom. The van der Waals surface area contributed by atoms with Crippen molar-refractivity contribution in [1.82, 2.24) is 25.7 Å². The van der Waals surface area contributed by atoms with Crippen molar-refractivity contribution < 1.29 is 14.8 Å². The summed E-state index contributed by atoms with van der Waals surface area (Å²) >= 11 is 0. The Morgan fingerprint density at radius 2 is 1.96 bits per heavy atom. The van der Waals surface area contributed by atoms with E-state index < -0.39 is 5.91 Å². The first kappa shape index (κ1) is 16.2. The van der Waals surface area contributed by atoms with Crippen LogP contribution in [-0.4, -0.2) is 32.0 Å². The molecular weight excluding hydrogens is 334 g/mol. The summed E-state index contributed by atoms with van der Waals surface area (Å²) in [4.78, 5) is 35.8. The van der Waals surface area contributed by atoms with Gasteiger partial charge >= 0.3 is 0 Å². The van der Waals surface area contributed by atoms with E-state index >= 15 is 0 Å². The third kappa shape index (κ3) is 2.60. The SMILES string of the molecule is CC1C(=O)NC(Cc2ccc(C(=O)NO)cc2)c2c1[nH]c1nccnc21. The lowest BCUT2D eigenvalue weighted by atomic mass is 9.89. The maximum absolute atomic E-state index is 12.4. The van der Waals surface area contributed by atoms with Crippen molar-refractivity contribution >= 4 is 23.0 Å². The molecule has 26 heavy (non-hydrogen) atoms. The van der Waals surface area contributed by atoms with Gasteiger partial charge in [-0.25, -0.2) is 10.5 Å². The van der Waals surface area contributed by atoms with Gasteiger partial charge in [-0.1, -0.05) is 12.1 Å². The lowest BCUT2D eigenvalue weighted by Crippen LogP contribution is -2.38. The van der Waals surface area contributed by atoms with Crippen molar-refractivity contribution in [2.24, 2.45) is 0 Å². The van der Waals surface area contributed by atoms with E-state index in [1.54, 1.807) is 42.1 Å². The predicted octanol–water partition coefficient (Wildman–Crippen LogP) is 1.59. The minimum Gasteiger partial charge on any atom is -0.348 e. The first-order valence-corrected chi connectivity index (χ1v) is 8.24. The van der Waals surface area contributed by atoms with Crippen LogP contribution in [0.3, 0.4) is 0 Å². The first-order chi connectivity index (χ1) is 12.6. The third-order valence-electron chi connectivity index (χ3n) is 4.75. The fraction of sp³-hybridized carbons (Fsp3) is 0.222. The van der Waals surface area contributed by atoms with Crippen molar-refractivity contribution in [2.45, 2.75) is 25.3 Å². The third-order valence-corrected chi connectivity index (χ3v) is 4.75. The number of carbonyl (C=O) groups excluding carboxylic acids is 2. The second-order valence-electron chi connectivity index (χ2n) is 6.33. The maximum atomic E-state index is 12.4. The van der Waals surface area contributed by atoms with Crippen LogP contribution in [0.1, 0.15) is 46.1 Å². The summed E-state index contributed by atoms with van der Waals surface area (Å²) in [7, 11) is 0. The summed E-state index contributed by atoms with van der Waals surface area (Å²) in [5, 5.41) is 11.7. The molecule has 8 nitrogen and oxygen atoms in total. The zero-order valence-corrected chi connectivity index (χ0v) is 14.0. The van der Waals surface area contributed by atoms with E-state index in [4.69, 9.17) is 5.21 Å². The van der Waals surface area contributed by atoms with Crippen molar-refractivity contribution in [1.29, 1.82) is 0 Å².